The molecule has 0 bridgehead atoms. The van der Waals surface area contributed by atoms with Gasteiger partial charge in [0.1, 0.15) is 5.54 Å². The zero-order valence-electron chi connectivity index (χ0n) is 8.63. The molecule has 0 radical (unpaired) electrons. The number of nitrogens with one attached hydrogen (secondary N) is 1. The average Bonchev–Trinajstić information content (AvgIpc) is 2.55. The molecule has 1 rings (SSSR count). The molecular formula is C10H18N2O. The molecule has 74 valence electrons. The maximum atomic E-state index is 9.13. The van der Waals surface area contributed by atoms with Crippen LogP contribution in [0.5, 0.6) is 0 Å². The molecule has 1 saturated heterocycles. The first kappa shape index (κ1) is 10.5. The van der Waals surface area contributed by atoms with E-state index in [1.165, 1.54) is 0 Å². The number of nitriles is 1. The van der Waals surface area contributed by atoms with Crippen molar-refractivity contribution in [2.45, 2.75) is 38.8 Å². The van der Waals surface area contributed by atoms with Crippen molar-refractivity contribution in [1.29, 1.82) is 5.26 Å². The summed E-state index contributed by atoms with van der Waals surface area (Å²) in [4.78, 5) is 0. The number of hydrogen-bond acceptors (Lipinski definition) is 3. The van der Waals surface area contributed by atoms with E-state index in [4.69, 9.17) is 10.00 Å². The van der Waals surface area contributed by atoms with Gasteiger partial charge in [-0.3, -0.25) is 5.32 Å². The molecule has 1 fully saturated rings. The van der Waals surface area contributed by atoms with Crippen LogP contribution < -0.4 is 5.32 Å². The summed E-state index contributed by atoms with van der Waals surface area (Å²) in [6.07, 6.45) is 0.990. The Kier molecular flexibility index (Phi) is 3.29. The summed E-state index contributed by atoms with van der Waals surface area (Å²) in [5.74, 6) is 0.333. The highest BCUT2D eigenvalue weighted by Crippen LogP contribution is 2.25. The van der Waals surface area contributed by atoms with Crippen LogP contribution in [0, 0.1) is 17.2 Å². The van der Waals surface area contributed by atoms with Crippen LogP contribution in [0.15, 0.2) is 0 Å². The Labute approximate surface area is 80.1 Å². The Balaban J connectivity index is 2.63. The maximum absolute atomic E-state index is 9.13. The van der Waals surface area contributed by atoms with E-state index in [-0.39, 0.29) is 0 Å². The van der Waals surface area contributed by atoms with Crippen molar-refractivity contribution in [3.05, 3.63) is 0 Å². The van der Waals surface area contributed by atoms with Gasteiger partial charge in [0.15, 0.2) is 0 Å². The first-order chi connectivity index (χ1) is 6.08. The van der Waals surface area contributed by atoms with Gasteiger partial charge in [0.05, 0.1) is 12.7 Å². The second-order valence-corrected chi connectivity index (χ2v) is 4.17. The zero-order valence-corrected chi connectivity index (χ0v) is 8.63. The van der Waals surface area contributed by atoms with E-state index in [1.807, 2.05) is 6.92 Å². The predicted molar refractivity (Wildman–Crippen MR) is 51.2 cm³/mol. The summed E-state index contributed by atoms with van der Waals surface area (Å²) < 4.78 is 5.30. The minimum Gasteiger partial charge on any atom is -0.381 e. The topological polar surface area (TPSA) is 45.0 Å². The highest BCUT2D eigenvalue weighted by molar-refractivity contribution is 5.09. The fourth-order valence-electron chi connectivity index (χ4n) is 1.83. The third-order valence-corrected chi connectivity index (χ3v) is 2.57. The summed E-state index contributed by atoms with van der Waals surface area (Å²) in [6.45, 7) is 7.59. The van der Waals surface area contributed by atoms with E-state index in [0.717, 1.165) is 13.0 Å². The van der Waals surface area contributed by atoms with Crippen LogP contribution in [0.1, 0.15) is 27.2 Å². The van der Waals surface area contributed by atoms with Gasteiger partial charge >= 0.3 is 0 Å². The molecule has 2 unspecified atom stereocenters. The summed E-state index contributed by atoms with van der Waals surface area (Å²) in [6, 6.07) is 2.70. The largest absolute Gasteiger partial charge is 0.381 e. The molecule has 3 heteroatoms. The highest BCUT2D eigenvalue weighted by Gasteiger charge is 2.37. The van der Waals surface area contributed by atoms with Crippen LogP contribution in [0.4, 0.5) is 0 Å². The van der Waals surface area contributed by atoms with E-state index in [0.29, 0.717) is 18.6 Å². The fraction of sp³-hybridized carbons (Fsp3) is 0.900. The monoisotopic (exact) mass is 182 g/mol. The van der Waals surface area contributed by atoms with Crippen molar-refractivity contribution >= 4 is 0 Å². The van der Waals surface area contributed by atoms with E-state index in [9.17, 15) is 0 Å². The molecule has 1 heterocycles. The van der Waals surface area contributed by atoms with E-state index in [2.05, 4.69) is 25.2 Å². The summed E-state index contributed by atoms with van der Waals surface area (Å²) in [5.41, 5.74) is -0.426. The molecule has 0 aromatic heterocycles. The first-order valence-corrected chi connectivity index (χ1v) is 4.85. The van der Waals surface area contributed by atoms with Gasteiger partial charge in [0.2, 0.25) is 0 Å². The molecule has 2 atom stereocenters. The summed E-state index contributed by atoms with van der Waals surface area (Å²) >= 11 is 0. The van der Waals surface area contributed by atoms with Gasteiger partial charge in [0.25, 0.3) is 0 Å². The predicted octanol–water partition coefficient (Wildman–Crippen LogP) is 1.30. The molecule has 1 aliphatic heterocycles. The van der Waals surface area contributed by atoms with Crippen molar-refractivity contribution in [3.8, 4) is 6.07 Å². The van der Waals surface area contributed by atoms with Gasteiger partial charge in [-0.2, -0.15) is 5.26 Å². The molecule has 3 nitrogen and oxygen atoms in total. The quantitative estimate of drug-likeness (QED) is 0.715. The SMILES string of the molecule is CC(C)NC(C)(C#N)C1CCOC1. The smallest absolute Gasteiger partial charge is 0.109 e. The standard InChI is InChI=1S/C10H18N2O/c1-8(2)12-10(3,7-11)9-4-5-13-6-9/h8-9,12H,4-6H2,1-3H3. The third-order valence-electron chi connectivity index (χ3n) is 2.57. The molecule has 1 aliphatic rings. The molecule has 0 amide bonds. The second-order valence-electron chi connectivity index (χ2n) is 4.17. The van der Waals surface area contributed by atoms with Crippen LogP contribution in [0.2, 0.25) is 0 Å². The van der Waals surface area contributed by atoms with Crippen LogP contribution in [-0.2, 0) is 4.74 Å². The second kappa shape index (κ2) is 4.08. The van der Waals surface area contributed by atoms with E-state index in [1.54, 1.807) is 0 Å². The van der Waals surface area contributed by atoms with Crippen LogP contribution in [0.3, 0.4) is 0 Å². The molecule has 0 aliphatic carbocycles. The van der Waals surface area contributed by atoms with Crippen molar-refractivity contribution in [1.82, 2.24) is 5.32 Å². The lowest BCUT2D eigenvalue weighted by Crippen LogP contribution is -2.50. The van der Waals surface area contributed by atoms with Crippen LogP contribution >= 0.6 is 0 Å². The molecule has 0 aromatic rings. The molecular weight excluding hydrogens is 164 g/mol. The summed E-state index contributed by atoms with van der Waals surface area (Å²) in [5, 5.41) is 12.4. The zero-order chi connectivity index (χ0) is 9.90. The van der Waals surface area contributed by atoms with E-state index >= 15 is 0 Å². The molecule has 0 aromatic carbocycles. The summed E-state index contributed by atoms with van der Waals surface area (Å²) in [7, 11) is 0. The van der Waals surface area contributed by atoms with Crippen LogP contribution in [0.25, 0.3) is 0 Å². The molecule has 13 heavy (non-hydrogen) atoms. The van der Waals surface area contributed by atoms with Gasteiger partial charge in [-0.1, -0.05) is 0 Å². The van der Waals surface area contributed by atoms with Gasteiger partial charge in [0, 0.05) is 18.6 Å². The average molecular weight is 182 g/mol. The number of ether oxygens (including phenoxy) is 1. The van der Waals surface area contributed by atoms with Crippen molar-refractivity contribution in [3.63, 3.8) is 0 Å². The minimum absolute atomic E-state index is 0.333. The lowest BCUT2D eigenvalue weighted by atomic mass is 9.86. The lowest BCUT2D eigenvalue weighted by Gasteiger charge is -2.30. The third kappa shape index (κ3) is 2.43. The van der Waals surface area contributed by atoms with Gasteiger partial charge < -0.3 is 4.74 Å². The van der Waals surface area contributed by atoms with Gasteiger partial charge in [-0.15, -0.1) is 0 Å². The Hall–Kier alpha value is -0.590. The number of nitrogens with zero attached hydrogens (tertiary/aromatic N) is 1. The minimum atomic E-state index is -0.426. The maximum Gasteiger partial charge on any atom is 0.109 e. The van der Waals surface area contributed by atoms with Gasteiger partial charge in [-0.25, -0.2) is 0 Å². The van der Waals surface area contributed by atoms with E-state index < -0.39 is 5.54 Å². The lowest BCUT2D eigenvalue weighted by molar-refractivity contribution is 0.166. The van der Waals surface area contributed by atoms with Crippen LogP contribution in [-0.4, -0.2) is 24.8 Å². The van der Waals surface area contributed by atoms with Gasteiger partial charge in [-0.05, 0) is 27.2 Å². The molecule has 0 spiro atoms. The molecule has 0 saturated carbocycles. The van der Waals surface area contributed by atoms with Crippen molar-refractivity contribution < 1.29 is 4.74 Å². The normalized spacial score (nSPS) is 27.2. The Bertz CT molecular complexity index is 203. The fourth-order valence-corrected chi connectivity index (χ4v) is 1.83. The first-order valence-electron chi connectivity index (χ1n) is 4.85. The number of rotatable bonds is 3. The highest BCUT2D eigenvalue weighted by atomic mass is 16.5. The Morgan fingerprint density at radius 1 is 1.62 bits per heavy atom. The molecule has 1 N–H and O–H groups in total. The van der Waals surface area contributed by atoms with Crippen molar-refractivity contribution in [2.75, 3.05) is 13.2 Å². The van der Waals surface area contributed by atoms with Crippen molar-refractivity contribution in [2.24, 2.45) is 5.92 Å². The Morgan fingerprint density at radius 3 is 2.69 bits per heavy atom. The Morgan fingerprint density at radius 2 is 2.31 bits per heavy atom. The number of hydrogen-bond donors (Lipinski definition) is 1.